The highest BCUT2D eigenvalue weighted by atomic mass is 32.1. The second-order valence-electron chi connectivity index (χ2n) is 9.33. The summed E-state index contributed by atoms with van der Waals surface area (Å²) >= 11 is 1.21. The molecule has 3 aromatic carbocycles. The summed E-state index contributed by atoms with van der Waals surface area (Å²) in [5, 5.41) is 0. The van der Waals surface area contributed by atoms with E-state index >= 15 is 0 Å². The van der Waals surface area contributed by atoms with Crippen LogP contribution in [0.5, 0.6) is 17.2 Å². The Bertz CT molecular complexity index is 1880. The van der Waals surface area contributed by atoms with Gasteiger partial charge < -0.3 is 18.9 Å². The molecule has 208 valence electrons. The number of esters is 1. The smallest absolute Gasteiger partial charge is 0.338 e. The Morgan fingerprint density at radius 1 is 1.12 bits per heavy atom. The third kappa shape index (κ3) is 5.02. The molecule has 10 heteroatoms. The van der Waals surface area contributed by atoms with Crippen molar-refractivity contribution in [2.45, 2.75) is 26.5 Å². The van der Waals surface area contributed by atoms with Gasteiger partial charge in [-0.15, -0.1) is 0 Å². The van der Waals surface area contributed by atoms with Crippen LogP contribution >= 0.6 is 11.3 Å². The van der Waals surface area contributed by atoms with E-state index in [-0.39, 0.29) is 37.0 Å². The van der Waals surface area contributed by atoms with Crippen LogP contribution < -0.4 is 29.1 Å². The molecule has 3 heterocycles. The standard InChI is InChI=1S/C31H25FN2O6S/c1-3-37-30(36)27-18(2)33-31-34(28(27)20-12-13-24-25(14-20)40-17-39-24)29(35)26(41-31)15-19-8-5-7-11-23(19)38-16-21-9-4-6-10-22(21)32/h4-15,28H,3,16-17H2,1-2H3/t28-/m0/s1. The number of benzene rings is 3. The lowest BCUT2D eigenvalue weighted by Gasteiger charge is -2.24. The van der Waals surface area contributed by atoms with Gasteiger partial charge in [-0.1, -0.05) is 53.8 Å². The van der Waals surface area contributed by atoms with Crippen LogP contribution in [0.3, 0.4) is 0 Å². The molecular formula is C31H25FN2O6S. The lowest BCUT2D eigenvalue weighted by atomic mass is 9.95. The van der Waals surface area contributed by atoms with Gasteiger partial charge in [-0.05, 0) is 49.8 Å². The minimum atomic E-state index is -0.783. The highest BCUT2D eigenvalue weighted by Gasteiger charge is 2.34. The van der Waals surface area contributed by atoms with E-state index in [1.165, 1.54) is 22.0 Å². The molecule has 8 nitrogen and oxygen atoms in total. The Morgan fingerprint density at radius 2 is 1.90 bits per heavy atom. The van der Waals surface area contributed by atoms with Crippen LogP contribution in [-0.4, -0.2) is 23.9 Å². The number of nitrogens with zero attached hydrogens (tertiary/aromatic N) is 2. The van der Waals surface area contributed by atoms with Crippen molar-refractivity contribution in [1.29, 1.82) is 0 Å². The van der Waals surface area contributed by atoms with Gasteiger partial charge in [0.25, 0.3) is 5.56 Å². The lowest BCUT2D eigenvalue weighted by molar-refractivity contribution is -0.139. The van der Waals surface area contributed by atoms with Crippen LogP contribution in [-0.2, 0) is 16.1 Å². The fraction of sp³-hybridized carbons (Fsp3) is 0.194. The highest BCUT2D eigenvalue weighted by Crippen LogP contribution is 2.38. The van der Waals surface area contributed by atoms with E-state index in [1.54, 1.807) is 62.4 Å². The van der Waals surface area contributed by atoms with E-state index in [0.29, 0.717) is 49.0 Å². The van der Waals surface area contributed by atoms with Gasteiger partial charge in [0.15, 0.2) is 16.3 Å². The maximum atomic E-state index is 14.1. The number of aromatic nitrogens is 1. The maximum absolute atomic E-state index is 14.1. The summed E-state index contributed by atoms with van der Waals surface area (Å²) < 4.78 is 38.4. The fourth-order valence-corrected chi connectivity index (χ4v) is 5.87. The largest absolute Gasteiger partial charge is 0.488 e. The van der Waals surface area contributed by atoms with Gasteiger partial charge in [0, 0.05) is 11.1 Å². The van der Waals surface area contributed by atoms with Crippen molar-refractivity contribution in [1.82, 2.24) is 4.57 Å². The number of hydrogen-bond donors (Lipinski definition) is 0. The molecule has 4 aromatic rings. The van der Waals surface area contributed by atoms with Crippen LogP contribution in [0.25, 0.3) is 6.08 Å². The van der Waals surface area contributed by atoms with Crippen LogP contribution in [0.4, 0.5) is 4.39 Å². The molecule has 2 aliphatic heterocycles. The molecular weight excluding hydrogens is 547 g/mol. The van der Waals surface area contributed by atoms with Crippen LogP contribution in [0.1, 0.15) is 36.6 Å². The van der Waals surface area contributed by atoms with E-state index in [4.69, 9.17) is 18.9 Å². The molecule has 41 heavy (non-hydrogen) atoms. The van der Waals surface area contributed by atoms with Gasteiger partial charge in [-0.3, -0.25) is 9.36 Å². The summed E-state index contributed by atoms with van der Waals surface area (Å²) in [6.07, 6.45) is 1.72. The van der Waals surface area contributed by atoms with Crippen LogP contribution in [0, 0.1) is 5.82 Å². The molecule has 6 rings (SSSR count). The Morgan fingerprint density at radius 3 is 2.73 bits per heavy atom. The monoisotopic (exact) mass is 572 g/mol. The number of hydrogen-bond acceptors (Lipinski definition) is 8. The predicted molar refractivity (Wildman–Crippen MR) is 150 cm³/mol. The van der Waals surface area contributed by atoms with Crippen molar-refractivity contribution in [3.05, 3.63) is 120 Å². The SMILES string of the molecule is CCOC(=O)C1=C(C)N=c2sc(=Cc3ccccc3OCc3ccccc3F)c(=O)n2[C@H]1c1ccc2c(c1)OCO2. The topological polar surface area (TPSA) is 88.4 Å². The highest BCUT2D eigenvalue weighted by molar-refractivity contribution is 7.07. The number of halogens is 1. The second kappa shape index (κ2) is 11.1. The quantitative estimate of drug-likeness (QED) is 0.308. The molecule has 0 unspecified atom stereocenters. The van der Waals surface area contributed by atoms with Gasteiger partial charge in [0.2, 0.25) is 6.79 Å². The number of thiazole rings is 1. The van der Waals surface area contributed by atoms with Crippen molar-refractivity contribution in [3.8, 4) is 17.2 Å². The number of carbonyl (C=O) groups excluding carboxylic acids is 1. The molecule has 0 aliphatic carbocycles. The fourth-order valence-electron chi connectivity index (χ4n) is 4.83. The summed E-state index contributed by atoms with van der Waals surface area (Å²) in [5.74, 6) is 0.722. The third-order valence-electron chi connectivity index (χ3n) is 6.78. The first-order valence-corrected chi connectivity index (χ1v) is 13.8. The second-order valence-corrected chi connectivity index (χ2v) is 10.3. The van der Waals surface area contributed by atoms with Crippen molar-refractivity contribution in [3.63, 3.8) is 0 Å². The molecule has 0 amide bonds. The van der Waals surface area contributed by atoms with E-state index in [0.717, 1.165) is 0 Å². The summed E-state index contributed by atoms with van der Waals surface area (Å²) in [6.45, 7) is 3.77. The molecule has 0 saturated heterocycles. The predicted octanol–water partition coefficient (Wildman–Crippen LogP) is 4.25. The van der Waals surface area contributed by atoms with Gasteiger partial charge in [0.05, 0.1) is 28.5 Å². The van der Waals surface area contributed by atoms with E-state index < -0.39 is 12.0 Å². The zero-order valence-corrected chi connectivity index (χ0v) is 23.1. The van der Waals surface area contributed by atoms with Crippen LogP contribution in [0.15, 0.2) is 87.8 Å². The lowest BCUT2D eigenvalue weighted by Crippen LogP contribution is -2.39. The molecule has 0 bridgehead atoms. The van der Waals surface area contributed by atoms with Gasteiger partial charge in [-0.25, -0.2) is 14.2 Å². The first-order chi connectivity index (χ1) is 19.9. The van der Waals surface area contributed by atoms with Crippen LogP contribution in [0.2, 0.25) is 0 Å². The van der Waals surface area contributed by atoms with Crippen molar-refractivity contribution in [2.24, 2.45) is 4.99 Å². The van der Waals surface area contributed by atoms with Gasteiger partial charge in [-0.2, -0.15) is 0 Å². The Labute approximate surface area is 238 Å². The van der Waals surface area contributed by atoms with Gasteiger partial charge >= 0.3 is 5.97 Å². The number of fused-ring (bicyclic) bond motifs is 2. The summed E-state index contributed by atoms with van der Waals surface area (Å²) in [5.41, 5.74) is 2.15. The minimum Gasteiger partial charge on any atom is -0.488 e. The molecule has 0 fully saturated rings. The van der Waals surface area contributed by atoms with Crippen molar-refractivity contribution < 1.29 is 28.1 Å². The summed E-state index contributed by atoms with van der Waals surface area (Å²) in [6, 6.07) is 18.2. The Balaban J connectivity index is 1.45. The number of allylic oxidation sites excluding steroid dienone is 1. The third-order valence-corrected chi connectivity index (χ3v) is 7.76. The molecule has 0 N–H and O–H groups in total. The molecule has 1 atom stereocenters. The van der Waals surface area contributed by atoms with Crippen molar-refractivity contribution in [2.75, 3.05) is 13.4 Å². The Hall–Kier alpha value is -4.70. The molecule has 2 aliphatic rings. The number of carbonyl (C=O) groups is 1. The summed E-state index contributed by atoms with van der Waals surface area (Å²) in [7, 11) is 0. The van der Waals surface area contributed by atoms with E-state index in [2.05, 4.69) is 4.99 Å². The zero-order valence-electron chi connectivity index (χ0n) is 22.3. The molecule has 0 spiro atoms. The van der Waals surface area contributed by atoms with E-state index in [9.17, 15) is 14.0 Å². The van der Waals surface area contributed by atoms with Crippen molar-refractivity contribution >= 4 is 23.4 Å². The maximum Gasteiger partial charge on any atom is 0.338 e. The van der Waals surface area contributed by atoms with E-state index in [1.807, 2.05) is 18.2 Å². The first-order valence-electron chi connectivity index (χ1n) is 13.0. The zero-order chi connectivity index (χ0) is 28.5. The number of rotatable bonds is 7. The Kier molecular flexibility index (Phi) is 7.15. The van der Waals surface area contributed by atoms with Gasteiger partial charge in [0.1, 0.15) is 18.2 Å². The summed E-state index contributed by atoms with van der Waals surface area (Å²) in [4.78, 5) is 32.2. The average molecular weight is 573 g/mol. The normalized spacial score (nSPS) is 15.9. The number of para-hydroxylation sites is 1. The first kappa shape index (κ1) is 26.5. The molecule has 1 aromatic heterocycles. The molecule has 0 radical (unpaired) electrons. The average Bonchev–Trinajstić information content (AvgIpc) is 3.56. The number of ether oxygens (including phenoxy) is 4. The molecule has 0 saturated carbocycles. The minimum absolute atomic E-state index is 0.0327.